The number of hydrogen-bond donors (Lipinski definition) is 3. The predicted molar refractivity (Wildman–Crippen MR) is 59.2 cm³/mol. The average molecular weight is 232 g/mol. The van der Waals surface area contributed by atoms with Crippen molar-refractivity contribution in [3.8, 4) is 0 Å². The fourth-order valence-corrected chi connectivity index (χ4v) is 1.22. The molecule has 0 unspecified atom stereocenters. The number of carbonyl (C=O) groups is 2. The molecule has 94 valence electrons. The Morgan fingerprint density at radius 3 is 2.44 bits per heavy atom. The van der Waals surface area contributed by atoms with Crippen LogP contribution in [0.5, 0.6) is 0 Å². The molecule has 0 aliphatic rings. The minimum Gasteiger partial charge on any atom is -0.479 e. The van der Waals surface area contributed by atoms with Gasteiger partial charge in [0.2, 0.25) is 0 Å². The second kappa shape index (κ2) is 7.92. The van der Waals surface area contributed by atoms with Gasteiger partial charge in [0.1, 0.15) is 0 Å². The summed E-state index contributed by atoms with van der Waals surface area (Å²) < 4.78 is 0. The number of carboxylic acid groups (broad SMARTS) is 1. The lowest BCUT2D eigenvalue weighted by Gasteiger charge is -2.20. The van der Waals surface area contributed by atoms with Gasteiger partial charge in [-0.3, -0.25) is 0 Å². The molecule has 0 aliphatic carbocycles. The van der Waals surface area contributed by atoms with E-state index in [1.807, 2.05) is 13.8 Å². The first-order chi connectivity index (χ1) is 7.52. The standard InChI is InChI=1S/C10H20N2O4/c1-3-7-12(4-2)10(16)11-6-5-8(13)9(14)15/h8,13H,3-7H2,1-2H3,(H,11,16)(H,14,15)/t8-/m0/s1. The van der Waals surface area contributed by atoms with Crippen LogP contribution in [-0.2, 0) is 4.79 Å². The van der Waals surface area contributed by atoms with Crippen LogP contribution < -0.4 is 5.32 Å². The second-order valence-corrected chi connectivity index (χ2v) is 3.45. The third-order valence-corrected chi connectivity index (χ3v) is 2.14. The molecule has 6 nitrogen and oxygen atoms in total. The molecule has 0 saturated heterocycles. The summed E-state index contributed by atoms with van der Waals surface area (Å²) in [6, 6.07) is -0.220. The number of hydrogen-bond acceptors (Lipinski definition) is 3. The Hall–Kier alpha value is -1.30. The summed E-state index contributed by atoms with van der Waals surface area (Å²) in [5, 5.41) is 20.0. The zero-order valence-electron chi connectivity index (χ0n) is 9.77. The van der Waals surface area contributed by atoms with Crippen molar-refractivity contribution in [1.29, 1.82) is 0 Å². The molecule has 0 aliphatic heterocycles. The summed E-state index contributed by atoms with van der Waals surface area (Å²) in [6.07, 6.45) is -0.523. The molecule has 3 N–H and O–H groups in total. The van der Waals surface area contributed by atoms with Crippen molar-refractivity contribution in [1.82, 2.24) is 10.2 Å². The largest absolute Gasteiger partial charge is 0.479 e. The molecule has 0 aromatic rings. The first-order valence-electron chi connectivity index (χ1n) is 5.46. The van der Waals surface area contributed by atoms with E-state index in [-0.39, 0.29) is 19.0 Å². The van der Waals surface area contributed by atoms with E-state index in [4.69, 9.17) is 10.2 Å². The lowest BCUT2D eigenvalue weighted by Crippen LogP contribution is -2.41. The second-order valence-electron chi connectivity index (χ2n) is 3.45. The fourth-order valence-electron chi connectivity index (χ4n) is 1.22. The fraction of sp³-hybridized carbons (Fsp3) is 0.800. The number of amides is 2. The molecule has 0 aromatic carbocycles. The Balaban J connectivity index is 3.83. The normalized spacial score (nSPS) is 11.9. The monoisotopic (exact) mass is 232 g/mol. The molecule has 0 saturated carbocycles. The number of aliphatic hydroxyl groups excluding tert-OH is 1. The Kier molecular flexibility index (Phi) is 7.28. The molecule has 0 aromatic heterocycles. The molecule has 0 radical (unpaired) electrons. The van der Waals surface area contributed by atoms with Crippen LogP contribution >= 0.6 is 0 Å². The zero-order valence-corrected chi connectivity index (χ0v) is 9.77. The molecule has 0 bridgehead atoms. The zero-order chi connectivity index (χ0) is 12.6. The Morgan fingerprint density at radius 2 is 2.00 bits per heavy atom. The van der Waals surface area contributed by atoms with Crippen LogP contribution in [0, 0.1) is 0 Å². The van der Waals surface area contributed by atoms with Crippen molar-refractivity contribution in [2.45, 2.75) is 32.8 Å². The molecule has 2 amide bonds. The number of nitrogens with one attached hydrogen (secondary N) is 1. The van der Waals surface area contributed by atoms with Crippen LogP contribution in [0.4, 0.5) is 4.79 Å². The summed E-state index contributed by atoms with van der Waals surface area (Å²) in [5.41, 5.74) is 0. The molecule has 0 spiro atoms. The van der Waals surface area contributed by atoms with Gasteiger partial charge in [0.05, 0.1) is 0 Å². The van der Waals surface area contributed by atoms with E-state index in [1.165, 1.54) is 0 Å². The van der Waals surface area contributed by atoms with Gasteiger partial charge in [0, 0.05) is 26.1 Å². The van der Waals surface area contributed by atoms with Crippen molar-refractivity contribution in [2.24, 2.45) is 0 Å². The Bertz CT molecular complexity index is 233. The summed E-state index contributed by atoms with van der Waals surface area (Å²) in [5.74, 6) is -1.27. The first kappa shape index (κ1) is 14.7. The number of carboxylic acids is 1. The third kappa shape index (κ3) is 5.55. The number of urea groups is 1. The highest BCUT2D eigenvalue weighted by atomic mass is 16.4. The Labute approximate surface area is 95.2 Å². The van der Waals surface area contributed by atoms with Crippen molar-refractivity contribution in [3.05, 3.63) is 0 Å². The molecular formula is C10H20N2O4. The van der Waals surface area contributed by atoms with E-state index >= 15 is 0 Å². The number of aliphatic carboxylic acids is 1. The van der Waals surface area contributed by atoms with Crippen molar-refractivity contribution < 1.29 is 19.8 Å². The van der Waals surface area contributed by atoms with Gasteiger partial charge in [0.25, 0.3) is 0 Å². The van der Waals surface area contributed by atoms with E-state index in [0.29, 0.717) is 13.1 Å². The number of aliphatic hydroxyl groups is 1. The summed E-state index contributed by atoms with van der Waals surface area (Å²) in [7, 11) is 0. The smallest absolute Gasteiger partial charge is 0.332 e. The molecule has 1 atom stereocenters. The SMILES string of the molecule is CCCN(CC)C(=O)NCC[C@H](O)C(=O)O. The third-order valence-electron chi connectivity index (χ3n) is 2.14. The molecule has 6 heteroatoms. The highest BCUT2D eigenvalue weighted by Gasteiger charge is 2.14. The van der Waals surface area contributed by atoms with Crippen molar-refractivity contribution >= 4 is 12.0 Å². The maximum atomic E-state index is 11.5. The minimum atomic E-state index is -1.42. The van der Waals surface area contributed by atoms with Gasteiger partial charge in [-0.05, 0) is 13.3 Å². The first-order valence-corrected chi connectivity index (χ1v) is 5.46. The molecular weight excluding hydrogens is 212 g/mol. The van der Waals surface area contributed by atoms with E-state index < -0.39 is 12.1 Å². The van der Waals surface area contributed by atoms with Crippen LogP contribution in [-0.4, -0.2) is 52.9 Å². The van der Waals surface area contributed by atoms with E-state index in [9.17, 15) is 9.59 Å². The lowest BCUT2D eigenvalue weighted by molar-refractivity contribution is -0.146. The van der Waals surface area contributed by atoms with Gasteiger partial charge in [0.15, 0.2) is 6.10 Å². The maximum Gasteiger partial charge on any atom is 0.332 e. The van der Waals surface area contributed by atoms with Gasteiger partial charge < -0.3 is 20.4 Å². The maximum absolute atomic E-state index is 11.5. The van der Waals surface area contributed by atoms with Crippen LogP contribution in [0.2, 0.25) is 0 Å². The van der Waals surface area contributed by atoms with Gasteiger partial charge in [-0.1, -0.05) is 6.92 Å². The highest BCUT2D eigenvalue weighted by molar-refractivity contribution is 5.74. The van der Waals surface area contributed by atoms with Crippen molar-refractivity contribution in [2.75, 3.05) is 19.6 Å². The quantitative estimate of drug-likeness (QED) is 0.587. The molecule has 16 heavy (non-hydrogen) atoms. The lowest BCUT2D eigenvalue weighted by atomic mass is 10.2. The number of nitrogens with zero attached hydrogens (tertiary/aromatic N) is 1. The highest BCUT2D eigenvalue weighted by Crippen LogP contribution is 1.94. The summed E-state index contributed by atoms with van der Waals surface area (Å²) in [4.78, 5) is 23.4. The van der Waals surface area contributed by atoms with Gasteiger partial charge in [-0.25, -0.2) is 9.59 Å². The molecule has 0 fully saturated rings. The molecule has 0 rings (SSSR count). The van der Waals surface area contributed by atoms with Crippen LogP contribution in [0.25, 0.3) is 0 Å². The van der Waals surface area contributed by atoms with E-state index in [2.05, 4.69) is 5.32 Å². The van der Waals surface area contributed by atoms with Crippen LogP contribution in [0.1, 0.15) is 26.7 Å². The minimum absolute atomic E-state index is 0.0186. The van der Waals surface area contributed by atoms with Crippen LogP contribution in [0.3, 0.4) is 0 Å². The summed E-state index contributed by atoms with van der Waals surface area (Å²) in [6.45, 7) is 5.29. The Morgan fingerprint density at radius 1 is 1.38 bits per heavy atom. The van der Waals surface area contributed by atoms with E-state index in [0.717, 1.165) is 6.42 Å². The van der Waals surface area contributed by atoms with Gasteiger partial charge >= 0.3 is 12.0 Å². The van der Waals surface area contributed by atoms with Gasteiger partial charge in [-0.2, -0.15) is 0 Å². The van der Waals surface area contributed by atoms with Crippen molar-refractivity contribution in [3.63, 3.8) is 0 Å². The topological polar surface area (TPSA) is 89.9 Å². The predicted octanol–water partition coefficient (Wildman–Crippen LogP) is 0.263. The van der Waals surface area contributed by atoms with Crippen LogP contribution in [0.15, 0.2) is 0 Å². The number of rotatable bonds is 7. The van der Waals surface area contributed by atoms with Gasteiger partial charge in [-0.15, -0.1) is 0 Å². The molecule has 0 heterocycles. The summed E-state index contributed by atoms with van der Waals surface area (Å²) >= 11 is 0. The average Bonchev–Trinajstić information content (AvgIpc) is 2.25. The van der Waals surface area contributed by atoms with E-state index in [1.54, 1.807) is 4.90 Å². The number of carbonyl (C=O) groups excluding carboxylic acids is 1.